The first-order chi connectivity index (χ1) is 13.5. The number of ether oxygens (including phenoxy) is 1. The Hall–Kier alpha value is -2.28. The Morgan fingerprint density at radius 3 is 2.32 bits per heavy atom. The Bertz CT molecular complexity index is 743. The second kappa shape index (κ2) is 9.78. The lowest BCUT2D eigenvalue weighted by Gasteiger charge is -2.32. The number of pyridine rings is 1. The van der Waals surface area contributed by atoms with Crippen molar-refractivity contribution in [3.8, 4) is 0 Å². The van der Waals surface area contributed by atoms with Gasteiger partial charge >= 0.3 is 0 Å². The zero-order valence-electron chi connectivity index (χ0n) is 17.0. The monoisotopic (exact) mass is 382 g/mol. The van der Waals surface area contributed by atoms with E-state index in [0.29, 0.717) is 13.2 Å². The van der Waals surface area contributed by atoms with Gasteiger partial charge in [-0.15, -0.1) is 0 Å². The predicted octanol–water partition coefficient (Wildman–Crippen LogP) is 2.07. The van der Waals surface area contributed by atoms with Crippen molar-refractivity contribution in [3.05, 3.63) is 65.5 Å². The van der Waals surface area contributed by atoms with Crippen molar-refractivity contribution < 1.29 is 9.53 Å². The number of hydrogen-bond donors (Lipinski definition) is 1. The molecule has 2 unspecified atom stereocenters. The molecule has 1 N–H and O–H groups in total. The molecule has 1 aromatic carbocycles. The summed E-state index contributed by atoms with van der Waals surface area (Å²) in [7, 11) is 4.11. The fraction of sp³-hybridized carbons (Fsp3) is 0.455. The molecular weight excluding hydrogens is 352 g/mol. The second-order valence-electron chi connectivity index (χ2n) is 7.53. The fourth-order valence-corrected chi connectivity index (χ4v) is 3.49. The van der Waals surface area contributed by atoms with Crippen molar-refractivity contribution >= 4 is 5.91 Å². The van der Waals surface area contributed by atoms with Crippen molar-refractivity contribution in [3.63, 3.8) is 0 Å². The van der Waals surface area contributed by atoms with Crippen LogP contribution in [-0.4, -0.2) is 67.1 Å². The molecule has 1 aliphatic rings. The molecule has 0 spiro atoms. The summed E-state index contributed by atoms with van der Waals surface area (Å²) < 4.78 is 5.40. The standard InChI is InChI=1S/C22H30N4O2/c1-17(26-12-14-28-15-13-26)22(27)24-21(20-8-10-23-11-9-20)19-6-4-18(5-7-19)16-25(2)3/h4-11,17,21H,12-16H2,1-3H3,(H,24,27). The minimum absolute atomic E-state index is 0.0288. The Morgan fingerprint density at radius 1 is 1.11 bits per heavy atom. The summed E-state index contributed by atoms with van der Waals surface area (Å²) in [5.74, 6) is 0.0288. The van der Waals surface area contributed by atoms with Gasteiger partial charge in [0.15, 0.2) is 0 Å². The molecule has 6 nitrogen and oxygen atoms in total. The Kier molecular flexibility index (Phi) is 7.14. The van der Waals surface area contributed by atoms with Gasteiger partial charge in [-0.05, 0) is 49.8 Å². The minimum atomic E-state index is -0.201. The Morgan fingerprint density at radius 2 is 1.71 bits per heavy atom. The molecule has 1 amide bonds. The van der Waals surface area contributed by atoms with Crippen LogP contribution in [0.1, 0.15) is 29.7 Å². The van der Waals surface area contributed by atoms with Crippen molar-refractivity contribution in [1.82, 2.24) is 20.1 Å². The number of rotatable bonds is 7. The SMILES string of the molecule is CC(C(=O)NC(c1ccncc1)c1ccc(CN(C)C)cc1)N1CCOCC1. The molecule has 6 heteroatoms. The van der Waals surface area contributed by atoms with Gasteiger partial charge in [-0.2, -0.15) is 0 Å². The second-order valence-corrected chi connectivity index (χ2v) is 7.53. The van der Waals surface area contributed by atoms with Crippen LogP contribution in [-0.2, 0) is 16.1 Å². The maximum absolute atomic E-state index is 13.0. The van der Waals surface area contributed by atoms with Crippen LogP contribution in [0.3, 0.4) is 0 Å². The predicted molar refractivity (Wildman–Crippen MR) is 110 cm³/mol. The van der Waals surface area contributed by atoms with Gasteiger partial charge < -0.3 is 15.0 Å². The highest BCUT2D eigenvalue weighted by Gasteiger charge is 2.26. The van der Waals surface area contributed by atoms with Crippen LogP contribution in [0.4, 0.5) is 0 Å². The molecule has 1 aromatic heterocycles. The third-order valence-electron chi connectivity index (χ3n) is 5.11. The number of morpholine rings is 1. The Balaban J connectivity index is 1.78. The van der Waals surface area contributed by atoms with E-state index in [4.69, 9.17) is 4.74 Å². The highest BCUT2D eigenvalue weighted by Crippen LogP contribution is 2.23. The largest absolute Gasteiger partial charge is 0.379 e. The smallest absolute Gasteiger partial charge is 0.237 e. The topological polar surface area (TPSA) is 57.7 Å². The molecule has 1 saturated heterocycles. The van der Waals surface area contributed by atoms with Crippen LogP contribution in [0.25, 0.3) is 0 Å². The number of carbonyl (C=O) groups excluding carboxylic acids is 1. The van der Waals surface area contributed by atoms with Gasteiger partial charge in [-0.25, -0.2) is 0 Å². The van der Waals surface area contributed by atoms with Gasteiger partial charge in [0.25, 0.3) is 0 Å². The fourth-order valence-electron chi connectivity index (χ4n) is 3.49. The van der Waals surface area contributed by atoms with E-state index in [0.717, 1.165) is 30.8 Å². The summed E-state index contributed by atoms with van der Waals surface area (Å²) in [6, 6.07) is 12.0. The third-order valence-corrected chi connectivity index (χ3v) is 5.11. The van der Waals surface area contributed by atoms with Gasteiger partial charge in [-0.1, -0.05) is 24.3 Å². The number of benzene rings is 1. The average Bonchev–Trinajstić information content (AvgIpc) is 2.73. The van der Waals surface area contributed by atoms with E-state index in [1.54, 1.807) is 12.4 Å². The van der Waals surface area contributed by atoms with E-state index in [-0.39, 0.29) is 18.0 Å². The van der Waals surface area contributed by atoms with Crippen molar-refractivity contribution in [2.45, 2.75) is 25.6 Å². The number of nitrogens with one attached hydrogen (secondary N) is 1. The third kappa shape index (κ3) is 5.38. The molecule has 1 fully saturated rings. The first kappa shape index (κ1) is 20.5. The average molecular weight is 383 g/mol. The number of nitrogens with zero attached hydrogens (tertiary/aromatic N) is 3. The molecule has 150 valence electrons. The molecule has 2 aromatic rings. The van der Waals surface area contributed by atoms with E-state index in [1.165, 1.54) is 5.56 Å². The van der Waals surface area contributed by atoms with Crippen LogP contribution < -0.4 is 5.32 Å². The highest BCUT2D eigenvalue weighted by atomic mass is 16.5. The quantitative estimate of drug-likeness (QED) is 0.795. The van der Waals surface area contributed by atoms with Crippen molar-refractivity contribution in [2.24, 2.45) is 0 Å². The van der Waals surface area contributed by atoms with Crippen molar-refractivity contribution in [2.75, 3.05) is 40.4 Å². The highest BCUT2D eigenvalue weighted by molar-refractivity contribution is 5.82. The molecule has 28 heavy (non-hydrogen) atoms. The number of carbonyl (C=O) groups is 1. The van der Waals surface area contributed by atoms with E-state index in [2.05, 4.69) is 58.5 Å². The molecule has 3 rings (SSSR count). The van der Waals surface area contributed by atoms with Gasteiger partial charge in [0.05, 0.1) is 25.3 Å². The molecule has 0 aliphatic carbocycles. The summed E-state index contributed by atoms with van der Waals surface area (Å²) in [6.07, 6.45) is 3.53. The van der Waals surface area contributed by atoms with Crippen molar-refractivity contribution in [1.29, 1.82) is 0 Å². The number of hydrogen-bond acceptors (Lipinski definition) is 5. The van der Waals surface area contributed by atoms with Gasteiger partial charge in [0.2, 0.25) is 5.91 Å². The van der Waals surface area contributed by atoms with E-state index in [1.807, 2.05) is 19.1 Å². The summed E-state index contributed by atoms with van der Waals surface area (Å²) in [6.45, 7) is 5.78. The first-order valence-corrected chi connectivity index (χ1v) is 9.80. The molecular formula is C22H30N4O2. The van der Waals surface area contributed by atoms with E-state index in [9.17, 15) is 4.79 Å². The maximum Gasteiger partial charge on any atom is 0.237 e. The molecule has 0 radical (unpaired) electrons. The summed E-state index contributed by atoms with van der Waals surface area (Å²) in [5.41, 5.74) is 3.34. The number of aromatic nitrogens is 1. The van der Waals surface area contributed by atoms with Crippen LogP contribution in [0, 0.1) is 0 Å². The van der Waals surface area contributed by atoms with Crippen LogP contribution in [0.5, 0.6) is 0 Å². The van der Waals surface area contributed by atoms with Crippen LogP contribution in [0.2, 0.25) is 0 Å². The molecule has 2 atom stereocenters. The molecule has 0 bridgehead atoms. The minimum Gasteiger partial charge on any atom is -0.379 e. The zero-order valence-corrected chi connectivity index (χ0v) is 17.0. The van der Waals surface area contributed by atoms with Gasteiger partial charge in [0.1, 0.15) is 0 Å². The number of amides is 1. The van der Waals surface area contributed by atoms with Crippen LogP contribution >= 0.6 is 0 Å². The molecule has 0 saturated carbocycles. The van der Waals surface area contributed by atoms with E-state index >= 15 is 0 Å². The molecule has 2 heterocycles. The van der Waals surface area contributed by atoms with Gasteiger partial charge in [0, 0.05) is 32.0 Å². The van der Waals surface area contributed by atoms with Crippen LogP contribution in [0.15, 0.2) is 48.8 Å². The summed E-state index contributed by atoms with van der Waals surface area (Å²) in [4.78, 5) is 21.4. The Labute approximate surface area is 167 Å². The zero-order chi connectivity index (χ0) is 19.9. The molecule has 1 aliphatic heterocycles. The first-order valence-electron chi connectivity index (χ1n) is 9.80. The lowest BCUT2D eigenvalue weighted by Crippen LogP contribution is -2.50. The maximum atomic E-state index is 13.0. The lowest BCUT2D eigenvalue weighted by atomic mass is 9.98. The lowest BCUT2D eigenvalue weighted by molar-refractivity contribution is -0.128. The van der Waals surface area contributed by atoms with Gasteiger partial charge in [-0.3, -0.25) is 14.7 Å². The van der Waals surface area contributed by atoms with E-state index < -0.39 is 0 Å². The normalized spacial score (nSPS) is 17.3. The summed E-state index contributed by atoms with van der Waals surface area (Å²) >= 11 is 0. The summed E-state index contributed by atoms with van der Waals surface area (Å²) in [5, 5.41) is 3.25.